The normalized spacial score (nSPS) is 10.9. The van der Waals surface area contributed by atoms with Gasteiger partial charge < -0.3 is 10.5 Å². The summed E-state index contributed by atoms with van der Waals surface area (Å²) in [6.07, 6.45) is 0. The highest BCUT2D eigenvalue weighted by molar-refractivity contribution is 5.65. The summed E-state index contributed by atoms with van der Waals surface area (Å²) in [5, 5.41) is 0. The smallest absolute Gasteiger partial charge is 0.167 e. The molecule has 0 aliphatic carbocycles. The second-order valence-corrected chi connectivity index (χ2v) is 4.94. The van der Waals surface area contributed by atoms with Gasteiger partial charge in [0.2, 0.25) is 0 Å². The fourth-order valence-electron chi connectivity index (χ4n) is 2.00. The topological polar surface area (TPSA) is 73.9 Å². The number of ether oxygens (including phenoxy) is 1. The Labute approximate surface area is 119 Å². The highest BCUT2D eigenvalue weighted by Crippen LogP contribution is 2.30. The van der Waals surface area contributed by atoms with Gasteiger partial charge >= 0.3 is 0 Å². The minimum absolute atomic E-state index is 0.294. The van der Waals surface area contributed by atoms with Gasteiger partial charge in [-0.3, -0.25) is 0 Å². The van der Waals surface area contributed by atoms with Gasteiger partial charge in [0.15, 0.2) is 5.82 Å². The first kappa shape index (κ1) is 14.4. The van der Waals surface area contributed by atoms with Crippen molar-refractivity contribution in [2.45, 2.75) is 33.2 Å². The summed E-state index contributed by atoms with van der Waals surface area (Å²) < 4.78 is 5.47. The number of methoxy groups -OCH3 is 1. The van der Waals surface area contributed by atoms with Crippen LogP contribution in [0.15, 0.2) is 18.2 Å². The van der Waals surface area contributed by atoms with Crippen molar-refractivity contribution in [3.8, 4) is 17.1 Å². The molecule has 5 heteroatoms. The number of aromatic nitrogens is 3. The third-order valence-electron chi connectivity index (χ3n) is 3.11. The van der Waals surface area contributed by atoms with Gasteiger partial charge in [-0.25, -0.2) is 15.0 Å². The van der Waals surface area contributed by atoms with Gasteiger partial charge in [0.05, 0.1) is 19.2 Å². The molecule has 2 N–H and O–H groups in total. The van der Waals surface area contributed by atoms with Crippen molar-refractivity contribution in [3.63, 3.8) is 0 Å². The molecule has 1 heterocycles. The summed E-state index contributed by atoms with van der Waals surface area (Å²) >= 11 is 0. The SMILES string of the molecule is COc1cc(C(C)C)ccc1-c1nc(C)nc(CN)n1. The third-order valence-corrected chi connectivity index (χ3v) is 3.11. The molecule has 0 atom stereocenters. The van der Waals surface area contributed by atoms with Crippen molar-refractivity contribution in [1.82, 2.24) is 15.0 Å². The lowest BCUT2D eigenvalue weighted by atomic mass is 10.0. The average molecular weight is 272 g/mol. The lowest BCUT2D eigenvalue weighted by Gasteiger charge is -2.12. The molecule has 2 rings (SSSR count). The monoisotopic (exact) mass is 272 g/mol. The largest absolute Gasteiger partial charge is 0.496 e. The minimum Gasteiger partial charge on any atom is -0.496 e. The molecule has 0 bridgehead atoms. The average Bonchev–Trinajstić information content (AvgIpc) is 2.45. The fourth-order valence-corrected chi connectivity index (χ4v) is 2.00. The van der Waals surface area contributed by atoms with Crippen LogP contribution in [0.3, 0.4) is 0 Å². The van der Waals surface area contributed by atoms with Crippen LogP contribution in [0.25, 0.3) is 11.4 Å². The van der Waals surface area contributed by atoms with Crippen LogP contribution < -0.4 is 10.5 Å². The number of nitrogens with zero attached hydrogens (tertiary/aromatic N) is 3. The maximum atomic E-state index is 5.62. The van der Waals surface area contributed by atoms with Crippen LogP contribution >= 0.6 is 0 Å². The molecule has 0 aliphatic rings. The molecule has 0 amide bonds. The van der Waals surface area contributed by atoms with Gasteiger partial charge in [-0.2, -0.15) is 0 Å². The Kier molecular flexibility index (Phi) is 4.29. The van der Waals surface area contributed by atoms with Gasteiger partial charge in [0.25, 0.3) is 0 Å². The number of nitrogens with two attached hydrogens (primary N) is 1. The van der Waals surface area contributed by atoms with Crippen LogP contribution in [0, 0.1) is 6.92 Å². The summed E-state index contributed by atoms with van der Waals surface area (Å²) in [7, 11) is 1.65. The number of rotatable bonds is 4. The second kappa shape index (κ2) is 5.96. The van der Waals surface area contributed by atoms with Crippen LogP contribution in [0.1, 0.15) is 37.0 Å². The van der Waals surface area contributed by atoms with E-state index in [4.69, 9.17) is 10.5 Å². The van der Waals surface area contributed by atoms with E-state index in [-0.39, 0.29) is 0 Å². The van der Waals surface area contributed by atoms with E-state index >= 15 is 0 Å². The molecule has 0 saturated heterocycles. The standard InChI is InChI=1S/C15H20N4O/c1-9(2)11-5-6-12(13(7-11)20-4)15-18-10(3)17-14(8-16)19-15/h5-7,9H,8,16H2,1-4H3. The van der Waals surface area contributed by atoms with Crippen molar-refractivity contribution >= 4 is 0 Å². The van der Waals surface area contributed by atoms with E-state index in [0.29, 0.717) is 29.9 Å². The van der Waals surface area contributed by atoms with Gasteiger partial charge in [0.1, 0.15) is 17.4 Å². The Morgan fingerprint density at radius 2 is 1.95 bits per heavy atom. The van der Waals surface area contributed by atoms with Gasteiger partial charge in [0, 0.05) is 0 Å². The number of benzene rings is 1. The summed E-state index contributed by atoms with van der Waals surface area (Å²) in [5.74, 6) is 3.06. The molecule has 106 valence electrons. The van der Waals surface area contributed by atoms with E-state index in [1.54, 1.807) is 7.11 Å². The first-order valence-corrected chi connectivity index (χ1v) is 6.65. The van der Waals surface area contributed by atoms with E-state index < -0.39 is 0 Å². The van der Waals surface area contributed by atoms with E-state index in [1.165, 1.54) is 5.56 Å². The van der Waals surface area contributed by atoms with Crippen molar-refractivity contribution in [3.05, 3.63) is 35.4 Å². The first-order valence-electron chi connectivity index (χ1n) is 6.65. The van der Waals surface area contributed by atoms with Crippen molar-refractivity contribution in [2.75, 3.05) is 7.11 Å². The van der Waals surface area contributed by atoms with Crippen LogP contribution in [0.2, 0.25) is 0 Å². The molecule has 0 spiro atoms. The molecule has 20 heavy (non-hydrogen) atoms. The number of hydrogen-bond acceptors (Lipinski definition) is 5. The molecule has 0 unspecified atom stereocenters. The Bertz CT molecular complexity index is 611. The maximum absolute atomic E-state index is 5.62. The van der Waals surface area contributed by atoms with Gasteiger partial charge in [-0.15, -0.1) is 0 Å². The Balaban J connectivity index is 2.54. The van der Waals surface area contributed by atoms with Crippen molar-refractivity contribution in [1.29, 1.82) is 0 Å². The van der Waals surface area contributed by atoms with Crippen LogP contribution in [-0.4, -0.2) is 22.1 Å². The summed E-state index contributed by atoms with van der Waals surface area (Å²) in [6.45, 7) is 6.42. The Morgan fingerprint density at radius 1 is 1.20 bits per heavy atom. The molecular weight excluding hydrogens is 252 g/mol. The summed E-state index contributed by atoms with van der Waals surface area (Å²) in [5.41, 5.74) is 7.69. The van der Waals surface area contributed by atoms with Crippen LogP contribution in [0.5, 0.6) is 5.75 Å². The van der Waals surface area contributed by atoms with E-state index in [1.807, 2.05) is 19.1 Å². The predicted octanol–water partition coefficient (Wildman–Crippen LogP) is 2.44. The molecular formula is C15H20N4O. The molecule has 1 aromatic heterocycles. The van der Waals surface area contributed by atoms with Crippen molar-refractivity contribution in [2.24, 2.45) is 5.73 Å². The quantitative estimate of drug-likeness (QED) is 0.925. The molecule has 0 radical (unpaired) electrons. The second-order valence-electron chi connectivity index (χ2n) is 4.94. The zero-order valence-corrected chi connectivity index (χ0v) is 12.3. The minimum atomic E-state index is 0.294. The Hall–Kier alpha value is -2.01. The molecule has 0 fully saturated rings. The molecule has 0 saturated carbocycles. The maximum Gasteiger partial charge on any atom is 0.167 e. The predicted molar refractivity (Wildman–Crippen MR) is 78.5 cm³/mol. The number of hydrogen-bond donors (Lipinski definition) is 1. The van der Waals surface area contributed by atoms with E-state index in [2.05, 4.69) is 34.9 Å². The summed E-state index contributed by atoms with van der Waals surface area (Å²) in [4.78, 5) is 12.9. The highest BCUT2D eigenvalue weighted by atomic mass is 16.5. The Morgan fingerprint density at radius 3 is 2.55 bits per heavy atom. The first-order chi connectivity index (χ1) is 9.55. The highest BCUT2D eigenvalue weighted by Gasteiger charge is 2.12. The molecule has 5 nitrogen and oxygen atoms in total. The van der Waals surface area contributed by atoms with E-state index in [9.17, 15) is 0 Å². The third kappa shape index (κ3) is 2.93. The molecule has 2 aromatic rings. The zero-order chi connectivity index (χ0) is 14.7. The van der Waals surface area contributed by atoms with Crippen LogP contribution in [-0.2, 0) is 6.54 Å². The van der Waals surface area contributed by atoms with E-state index in [0.717, 1.165) is 11.3 Å². The molecule has 0 aliphatic heterocycles. The fraction of sp³-hybridized carbons (Fsp3) is 0.400. The lowest BCUT2D eigenvalue weighted by Crippen LogP contribution is -2.07. The lowest BCUT2D eigenvalue weighted by molar-refractivity contribution is 0.415. The summed E-state index contributed by atoms with van der Waals surface area (Å²) in [6, 6.07) is 6.09. The number of aryl methyl sites for hydroxylation is 1. The zero-order valence-electron chi connectivity index (χ0n) is 12.3. The molecule has 1 aromatic carbocycles. The van der Waals surface area contributed by atoms with Gasteiger partial charge in [-0.1, -0.05) is 19.9 Å². The van der Waals surface area contributed by atoms with Crippen molar-refractivity contribution < 1.29 is 4.74 Å². The van der Waals surface area contributed by atoms with Gasteiger partial charge in [-0.05, 0) is 30.5 Å². The van der Waals surface area contributed by atoms with Crippen LogP contribution in [0.4, 0.5) is 0 Å².